The normalized spacial score (nSPS) is 17.8. The van der Waals surface area contributed by atoms with Crippen LogP contribution in [0.5, 0.6) is 0 Å². The number of anilines is 2. The Bertz CT molecular complexity index is 1050. The van der Waals surface area contributed by atoms with Crippen molar-refractivity contribution in [1.29, 1.82) is 0 Å². The number of likely N-dealkylation sites (N-methyl/N-ethyl adjacent to an activating group) is 1. The summed E-state index contributed by atoms with van der Waals surface area (Å²) in [7, 11) is 3.70. The molecule has 4 rings (SSSR count). The molecule has 1 saturated heterocycles. The van der Waals surface area contributed by atoms with Gasteiger partial charge in [-0.2, -0.15) is 13.2 Å². The summed E-state index contributed by atoms with van der Waals surface area (Å²) in [6.45, 7) is 2.02. The zero-order chi connectivity index (χ0) is 21.3. The van der Waals surface area contributed by atoms with Crippen LogP contribution in [0.3, 0.4) is 0 Å². The number of hydrogen-bond donors (Lipinski definition) is 2. The van der Waals surface area contributed by atoms with Gasteiger partial charge in [0.1, 0.15) is 5.69 Å². The minimum atomic E-state index is -4.40. The molecular formula is C22H24F3N5. The maximum atomic E-state index is 13.1. The van der Waals surface area contributed by atoms with Crippen LogP contribution in [0.15, 0.2) is 42.5 Å². The van der Waals surface area contributed by atoms with Gasteiger partial charge in [0.15, 0.2) is 5.82 Å². The molecular weight excluding hydrogens is 391 g/mol. The maximum Gasteiger partial charge on any atom is 0.416 e. The lowest BCUT2D eigenvalue weighted by Gasteiger charge is -2.30. The monoisotopic (exact) mass is 415 g/mol. The largest absolute Gasteiger partial charge is 0.416 e. The number of piperidine rings is 1. The van der Waals surface area contributed by atoms with Crippen LogP contribution < -0.4 is 10.6 Å². The predicted octanol–water partition coefficient (Wildman–Crippen LogP) is 4.86. The molecule has 8 heteroatoms. The first kappa shape index (κ1) is 20.4. The Kier molecular flexibility index (Phi) is 5.51. The third kappa shape index (κ3) is 4.05. The molecule has 2 heterocycles. The van der Waals surface area contributed by atoms with Crippen LogP contribution in [0.1, 0.15) is 18.4 Å². The van der Waals surface area contributed by atoms with E-state index in [1.165, 1.54) is 6.07 Å². The van der Waals surface area contributed by atoms with E-state index < -0.39 is 11.7 Å². The van der Waals surface area contributed by atoms with Gasteiger partial charge in [-0.25, -0.2) is 0 Å². The molecule has 2 N–H and O–H groups in total. The second-order valence-electron chi connectivity index (χ2n) is 7.70. The first-order valence-electron chi connectivity index (χ1n) is 9.96. The summed E-state index contributed by atoms with van der Waals surface area (Å²) in [5.41, 5.74) is 0.791. The number of likely N-dealkylation sites (tertiary alicyclic amines) is 1. The summed E-state index contributed by atoms with van der Waals surface area (Å²) in [6, 6.07) is 11.6. The van der Waals surface area contributed by atoms with Crippen LogP contribution in [0.2, 0.25) is 0 Å². The average molecular weight is 415 g/mol. The fourth-order valence-electron chi connectivity index (χ4n) is 4.02. The minimum Gasteiger partial charge on any atom is -0.388 e. The van der Waals surface area contributed by atoms with Crippen molar-refractivity contribution < 1.29 is 13.2 Å². The van der Waals surface area contributed by atoms with Crippen LogP contribution in [0.25, 0.3) is 22.0 Å². The molecule has 0 amide bonds. The predicted molar refractivity (Wildman–Crippen MR) is 114 cm³/mol. The molecule has 0 unspecified atom stereocenters. The highest BCUT2D eigenvalue weighted by atomic mass is 19.4. The Hall–Kier alpha value is -2.87. The molecule has 0 radical (unpaired) electrons. The third-order valence-electron chi connectivity index (χ3n) is 5.52. The van der Waals surface area contributed by atoms with Gasteiger partial charge in [0.25, 0.3) is 0 Å². The lowest BCUT2D eigenvalue weighted by atomic mass is 10.0. The van der Waals surface area contributed by atoms with Gasteiger partial charge in [-0.05, 0) is 38.6 Å². The van der Waals surface area contributed by atoms with Crippen LogP contribution in [-0.2, 0) is 6.18 Å². The number of hydrogen-bond acceptors (Lipinski definition) is 5. The number of alkyl halides is 3. The first-order chi connectivity index (χ1) is 14.4. The molecule has 1 aliphatic heterocycles. The number of rotatable bonds is 4. The molecule has 1 aliphatic rings. The first-order valence-corrected chi connectivity index (χ1v) is 9.96. The quantitative estimate of drug-likeness (QED) is 0.637. The Labute approximate surface area is 173 Å². The molecule has 2 aromatic carbocycles. The standard InChI is InChI=1S/C22H24F3N5/c1-26-19-12-14(22(23,24)25)9-10-18(19)20-16-7-3-4-8-17(16)21(29-28-20)27-15-6-5-11-30(2)13-15/h3-4,7-10,12,15,26H,5-6,11,13H2,1-2H3,(H,27,29)/t15-/m1/s1. The van der Waals surface area contributed by atoms with Crippen molar-refractivity contribution in [3.8, 4) is 11.3 Å². The van der Waals surface area contributed by atoms with Crippen molar-refractivity contribution in [3.05, 3.63) is 48.0 Å². The van der Waals surface area contributed by atoms with E-state index in [0.29, 0.717) is 22.8 Å². The highest BCUT2D eigenvalue weighted by Crippen LogP contribution is 2.38. The van der Waals surface area contributed by atoms with Crippen molar-refractivity contribution in [1.82, 2.24) is 15.1 Å². The summed E-state index contributed by atoms with van der Waals surface area (Å²) in [5, 5.41) is 17.0. The number of fused-ring (bicyclic) bond motifs is 1. The third-order valence-corrected chi connectivity index (χ3v) is 5.52. The number of aromatic nitrogens is 2. The van der Waals surface area contributed by atoms with Gasteiger partial charge in [-0.1, -0.05) is 30.3 Å². The Morgan fingerprint density at radius 3 is 2.53 bits per heavy atom. The van der Waals surface area contributed by atoms with Crippen molar-refractivity contribution >= 4 is 22.3 Å². The topological polar surface area (TPSA) is 53.1 Å². The summed E-state index contributed by atoms with van der Waals surface area (Å²) < 4.78 is 39.4. The molecule has 1 fully saturated rings. The number of nitrogens with one attached hydrogen (secondary N) is 2. The van der Waals surface area contributed by atoms with Gasteiger partial charge < -0.3 is 15.5 Å². The van der Waals surface area contributed by atoms with E-state index in [1.807, 2.05) is 24.3 Å². The fourth-order valence-corrected chi connectivity index (χ4v) is 4.02. The molecule has 0 aliphatic carbocycles. The molecule has 0 spiro atoms. The zero-order valence-electron chi connectivity index (χ0n) is 16.9. The van der Waals surface area contributed by atoms with Gasteiger partial charge in [-0.3, -0.25) is 0 Å². The molecule has 5 nitrogen and oxygen atoms in total. The van der Waals surface area contributed by atoms with Crippen molar-refractivity contribution in [2.75, 3.05) is 37.8 Å². The van der Waals surface area contributed by atoms with Crippen molar-refractivity contribution in [2.24, 2.45) is 0 Å². The van der Waals surface area contributed by atoms with Gasteiger partial charge in [0, 0.05) is 41.7 Å². The maximum absolute atomic E-state index is 13.1. The van der Waals surface area contributed by atoms with Crippen LogP contribution in [0.4, 0.5) is 24.7 Å². The van der Waals surface area contributed by atoms with E-state index in [-0.39, 0.29) is 6.04 Å². The number of halogens is 3. The SMILES string of the molecule is CNc1cc(C(F)(F)F)ccc1-c1nnc(N[C@@H]2CCCN(C)C2)c2ccccc12. The molecule has 0 bridgehead atoms. The Morgan fingerprint density at radius 2 is 1.83 bits per heavy atom. The molecule has 3 aromatic rings. The molecule has 30 heavy (non-hydrogen) atoms. The fraction of sp³-hybridized carbons (Fsp3) is 0.364. The Balaban J connectivity index is 1.76. The summed E-state index contributed by atoms with van der Waals surface area (Å²) in [5.74, 6) is 0.701. The zero-order valence-corrected chi connectivity index (χ0v) is 16.9. The minimum absolute atomic E-state index is 0.284. The molecule has 158 valence electrons. The van der Waals surface area contributed by atoms with Gasteiger partial charge in [0.2, 0.25) is 0 Å². The second-order valence-corrected chi connectivity index (χ2v) is 7.70. The highest BCUT2D eigenvalue weighted by Gasteiger charge is 2.31. The van der Waals surface area contributed by atoms with Gasteiger partial charge in [-0.15, -0.1) is 10.2 Å². The highest BCUT2D eigenvalue weighted by molar-refractivity contribution is 6.02. The molecule has 0 saturated carbocycles. The number of nitrogens with zero attached hydrogens (tertiary/aromatic N) is 3. The summed E-state index contributed by atoms with van der Waals surface area (Å²) in [6.07, 6.45) is -2.22. The van der Waals surface area contributed by atoms with Gasteiger partial charge >= 0.3 is 6.18 Å². The summed E-state index contributed by atoms with van der Waals surface area (Å²) >= 11 is 0. The van der Waals surface area contributed by atoms with Crippen LogP contribution in [0, 0.1) is 0 Å². The van der Waals surface area contributed by atoms with Crippen LogP contribution >= 0.6 is 0 Å². The van der Waals surface area contributed by atoms with Crippen LogP contribution in [-0.4, -0.2) is 48.3 Å². The van der Waals surface area contributed by atoms with E-state index in [0.717, 1.165) is 48.8 Å². The Morgan fingerprint density at radius 1 is 1.07 bits per heavy atom. The van der Waals surface area contributed by atoms with E-state index in [9.17, 15) is 13.2 Å². The second kappa shape index (κ2) is 8.10. The van der Waals surface area contributed by atoms with E-state index in [4.69, 9.17) is 0 Å². The van der Waals surface area contributed by atoms with E-state index >= 15 is 0 Å². The van der Waals surface area contributed by atoms with E-state index in [2.05, 4.69) is 32.8 Å². The van der Waals surface area contributed by atoms with Crippen molar-refractivity contribution in [3.63, 3.8) is 0 Å². The lowest BCUT2D eigenvalue weighted by Crippen LogP contribution is -2.40. The smallest absolute Gasteiger partial charge is 0.388 e. The summed E-state index contributed by atoms with van der Waals surface area (Å²) in [4.78, 5) is 2.28. The molecule has 1 aromatic heterocycles. The molecule has 1 atom stereocenters. The lowest BCUT2D eigenvalue weighted by molar-refractivity contribution is -0.137. The van der Waals surface area contributed by atoms with Crippen molar-refractivity contribution in [2.45, 2.75) is 25.1 Å². The number of benzene rings is 2. The average Bonchev–Trinajstić information content (AvgIpc) is 2.73. The van der Waals surface area contributed by atoms with Gasteiger partial charge in [0.05, 0.1) is 5.56 Å². The van der Waals surface area contributed by atoms with E-state index in [1.54, 1.807) is 7.05 Å².